The quantitative estimate of drug-likeness (QED) is 0.658. The maximum atomic E-state index is 10.7. The number of pyridine rings is 1. The van der Waals surface area contributed by atoms with Gasteiger partial charge in [-0.2, -0.15) is 0 Å². The Hall–Kier alpha value is -0.980. The summed E-state index contributed by atoms with van der Waals surface area (Å²) >= 11 is 0. The van der Waals surface area contributed by atoms with Crippen LogP contribution in [0.5, 0.6) is 0 Å². The molecule has 0 atom stereocenters. The molecule has 0 bridgehead atoms. The van der Waals surface area contributed by atoms with Crippen LogP contribution in [0.2, 0.25) is 0 Å². The predicted molar refractivity (Wildman–Crippen MR) is 58.8 cm³/mol. The highest BCUT2D eigenvalue weighted by Crippen LogP contribution is 1.90. The van der Waals surface area contributed by atoms with Gasteiger partial charge in [-0.3, -0.25) is 4.98 Å². The van der Waals surface area contributed by atoms with Gasteiger partial charge in [0.25, 0.3) is 0 Å². The van der Waals surface area contributed by atoms with Crippen molar-refractivity contribution in [3.63, 3.8) is 0 Å². The highest BCUT2D eigenvalue weighted by atomic mass is 32.2. The maximum Gasteiger partial charge on any atom is 0.208 e. The number of rotatable bonds is 6. The summed E-state index contributed by atoms with van der Waals surface area (Å²) < 4.78 is 23.8. The van der Waals surface area contributed by atoms with E-state index in [1.165, 1.54) is 0 Å². The minimum Gasteiger partial charge on any atom is -0.310 e. The first kappa shape index (κ1) is 12.1. The number of hydrogen-bond donors (Lipinski definition) is 2. The van der Waals surface area contributed by atoms with Gasteiger partial charge in [-0.1, -0.05) is 6.07 Å². The Kier molecular flexibility index (Phi) is 4.67. The summed E-state index contributed by atoms with van der Waals surface area (Å²) in [6.07, 6.45) is 2.87. The second-order valence-corrected chi connectivity index (χ2v) is 5.00. The number of nitrogens with zero attached hydrogens (tertiary/aromatic N) is 1. The molecule has 6 heteroatoms. The van der Waals surface area contributed by atoms with Crippen molar-refractivity contribution in [2.24, 2.45) is 0 Å². The van der Waals surface area contributed by atoms with E-state index in [0.29, 0.717) is 19.6 Å². The van der Waals surface area contributed by atoms with Crippen LogP contribution in [0.15, 0.2) is 24.4 Å². The van der Waals surface area contributed by atoms with Crippen molar-refractivity contribution in [2.75, 3.05) is 19.3 Å². The van der Waals surface area contributed by atoms with E-state index in [4.69, 9.17) is 0 Å². The lowest BCUT2D eigenvalue weighted by atomic mass is 10.3. The lowest BCUT2D eigenvalue weighted by molar-refractivity contribution is 0.581. The van der Waals surface area contributed by atoms with Gasteiger partial charge in [-0.15, -0.1) is 0 Å². The molecular weight excluding hydrogens is 214 g/mol. The van der Waals surface area contributed by atoms with Crippen molar-refractivity contribution < 1.29 is 8.42 Å². The molecule has 84 valence electrons. The average Bonchev–Trinajstić information content (AvgIpc) is 2.17. The number of nitrogens with one attached hydrogen (secondary N) is 2. The predicted octanol–water partition coefficient (Wildman–Crippen LogP) is -0.280. The SMILES string of the molecule is CS(=O)(=O)NCCNCc1ccccn1. The van der Waals surface area contributed by atoms with Gasteiger partial charge in [0, 0.05) is 25.8 Å². The highest BCUT2D eigenvalue weighted by Gasteiger charge is 1.98. The summed E-state index contributed by atoms with van der Waals surface area (Å²) in [6, 6.07) is 5.68. The summed E-state index contributed by atoms with van der Waals surface area (Å²) in [7, 11) is -3.07. The molecule has 1 rings (SSSR count). The first-order valence-electron chi connectivity index (χ1n) is 4.63. The van der Waals surface area contributed by atoms with Crippen LogP contribution in [-0.2, 0) is 16.6 Å². The standard InChI is InChI=1S/C9H15N3O2S/c1-15(13,14)12-7-6-10-8-9-4-2-3-5-11-9/h2-5,10,12H,6-8H2,1H3. The molecule has 0 aromatic carbocycles. The Labute approximate surface area is 90.0 Å². The van der Waals surface area contributed by atoms with Gasteiger partial charge in [-0.05, 0) is 12.1 Å². The van der Waals surface area contributed by atoms with E-state index in [-0.39, 0.29) is 0 Å². The molecule has 0 fully saturated rings. The topological polar surface area (TPSA) is 71.1 Å². The molecule has 0 amide bonds. The lowest BCUT2D eigenvalue weighted by Crippen LogP contribution is -2.30. The van der Waals surface area contributed by atoms with E-state index < -0.39 is 10.0 Å². The fourth-order valence-corrected chi connectivity index (χ4v) is 1.52. The van der Waals surface area contributed by atoms with Crippen molar-refractivity contribution in [3.8, 4) is 0 Å². The van der Waals surface area contributed by atoms with Crippen LogP contribution < -0.4 is 10.0 Å². The molecule has 1 heterocycles. The Morgan fingerprint density at radius 1 is 1.33 bits per heavy atom. The first-order chi connectivity index (χ1) is 7.08. The van der Waals surface area contributed by atoms with E-state index in [0.717, 1.165) is 11.9 Å². The number of aromatic nitrogens is 1. The van der Waals surface area contributed by atoms with Gasteiger partial charge in [0.05, 0.1) is 11.9 Å². The van der Waals surface area contributed by atoms with Crippen LogP contribution in [0.25, 0.3) is 0 Å². The van der Waals surface area contributed by atoms with Crippen molar-refractivity contribution in [3.05, 3.63) is 30.1 Å². The fraction of sp³-hybridized carbons (Fsp3) is 0.444. The minimum absolute atomic E-state index is 0.395. The molecule has 5 nitrogen and oxygen atoms in total. The normalized spacial score (nSPS) is 11.5. The van der Waals surface area contributed by atoms with Gasteiger partial charge < -0.3 is 5.32 Å². The third-order valence-electron chi connectivity index (χ3n) is 1.70. The van der Waals surface area contributed by atoms with Crippen LogP contribution in [0.1, 0.15) is 5.69 Å². The smallest absolute Gasteiger partial charge is 0.208 e. The number of hydrogen-bond acceptors (Lipinski definition) is 4. The van der Waals surface area contributed by atoms with Crippen molar-refractivity contribution >= 4 is 10.0 Å². The van der Waals surface area contributed by atoms with Gasteiger partial charge >= 0.3 is 0 Å². The van der Waals surface area contributed by atoms with Crippen LogP contribution >= 0.6 is 0 Å². The summed E-state index contributed by atoms with van der Waals surface area (Å²) in [4.78, 5) is 4.12. The fourth-order valence-electron chi connectivity index (χ4n) is 1.04. The molecule has 1 aromatic rings. The van der Waals surface area contributed by atoms with E-state index in [1.54, 1.807) is 6.20 Å². The highest BCUT2D eigenvalue weighted by molar-refractivity contribution is 7.88. The summed E-state index contributed by atoms with van der Waals surface area (Å²) in [5.41, 5.74) is 0.942. The van der Waals surface area contributed by atoms with Gasteiger partial charge in [0.2, 0.25) is 10.0 Å². The largest absolute Gasteiger partial charge is 0.310 e. The van der Waals surface area contributed by atoms with Crippen molar-refractivity contribution in [1.29, 1.82) is 0 Å². The lowest BCUT2D eigenvalue weighted by Gasteiger charge is -2.04. The van der Waals surface area contributed by atoms with Crippen molar-refractivity contribution in [1.82, 2.24) is 15.0 Å². The monoisotopic (exact) mass is 229 g/mol. The molecule has 1 aromatic heterocycles. The molecule has 0 unspecified atom stereocenters. The van der Waals surface area contributed by atoms with E-state index >= 15 is 0 Å². The Morgan fingerprint density at radius 2 is 2.13 bits per heavy atom. The molecule has 2 N–H and O–H groups in total. The maximum absolute atomic E-state index is 10.7. The average molecular weight is 229 g/mol. The Morgan fingerprint density at radius 3 is 2.73 bits per heavy atom. The molecule has 0 aliphatic rings. The molecule has 0 aliphatic carbocycles. The van der Waals surface area contributed by atoms with E-state index in [1.807, 2.05) is 18.2 Å². The van der Waals surface area contributed by atoms with Gasteiger partial charge in [0.1, 0.15) is 0 Å². The first-order valence-corrected chi connectivity index (χ1v) is 6.52. The number of sulfonamides is 1. The van der Waals surface area contributed by atoms with Crippen LogP contribution in [-0.4, -0.2) is 32.7 Å². The second-order valence-electron chi connectivity index (χ2n) is 3.16. The van der Waals surface area contributed by atoms with Crippen molar-refractivity contribution in [2.45, 2.75) is 6.54 Å². The summed E-state index contributed by atoms with van der Waals surface area (Å²) in [5.74, 6) is 0. The summed E-state index contributed by atoms with van der Waals surface area (Å²) in [6.45, 7) is 1.63. The Balaban J connectivity index is 2.13. The zero-order valence-electron chi connectivity index (χ0n) is 8.60. The molecule has 0 saturated heterocycles. The molecule has 0 saturated carbocycles. The van der Waals surface area contributed by atoms with E-state index in [2.05, 4.69) is 15.0 Å². The third kappa shape index (κ3) is 6.16. The molecule has 0 spiro atoms. The molecule has 0 aliphatic heterocycles. The summed E-state index contributed by atoms with van der Waals surface area (Å²) in [5, 5.41) is 3.08. The zero-order valence-corrected chi connectivity index (χ0v) is 9.42. The third-order valence-corrected chi connectivity index (χ3v) is 2.43. The zero-order chi connectivity index (χ0) is 11.1. The minimum atomic E-state index is -3.07. The van der Waals surface area contributed by atoms with Gasteiger partial charge in [0.15, 0.2) is 0 Å². The van der Waals surface area contributed by atoms with Gasteiger partial charge in [-0.25, -0.2) is 13.1 Å². The van der Waals surface area contributed by atoms with Crippen LogP contribution in [0, 0.1) is 0 Å². The Bertz CT molecular complexity index is 378. The molecular formula is C9H15N3O2S. The van der Waals surface area contributed by atoms with Crippen LogP contribution in [0.4, 0.5) is 0 Å². The van der Waals surface area contributed by atoms with E-state index in [9.17, 15) is 8.42 Å². The molecule has 0 radical (unpaired) electrons. The van der Waals surface area contributed by atoms with Crippen LogP contribution in [0.3, 0.4) is 0 Å². The molecule has 15 heavy (non-hydrogen) atoms. The second kappa shape index (κ2) is 5.79.